The summed E-state index contributed by atoms with van der Waals surface area (Å²) in [6.45, 7) is 2.09. The fourth-order valence-corrected chi connectivity index (χ4v) is 3.07. The van der Waals surface area contributed by atoms with E-state index in [-0.39, 0.29) is 17.7 Å². The van der Waals surface area contributed by atoms with E-state index in [4.69, 9.17) is 11.6 Å². The van der Waals surface area contributed by atoms with E-state index in [1.807, 2.05) is 18.2 Å². The molecule has 1 atom stereocenters. The molecule has 1 unspecified atom stereocenters. The van der Waals surface area contributed by atoms with Crippen molar-refractivity contribution >= 4 is 38.6 Å². The van der Waals surface area contributed by atoms with E-state index in [1.165, 1.54) is 6.07 Å². The fourth-order valence-electron chi connectivity index (χ4n) is 2.55. The van der Waals surface area contributed by atoms with Crippen molar-refractivity contribution < 1.29 is 4.39 Å². The number of aromatic nitrogens is 2. The second-order valence-electron chi connectivity index (χ2n) is 4.87. The summed E-state index contributed by atoms with van der Waals surface area (Å²) in [5, 5.41) is 0. The Morgan fingerprint density at radius 3 is 2.67 bits per heavy atom. The number of fused-ring (bicyclic) bond motifs is 1. The number of benzene rings is 2. The Bertz CT molecular complexity index is 786. The fraction of sp³-hybridized carbons (Fsp3) is 0.188. The summed E-state index contributed by atoms with van der Waals surface area (Å²) >= 11 is 9.26. The normalized spacial score (nSPS) is 12.8. The van der Waals surface area contributed by atoms with Gasteiger partial charge in [-0.1, -0.05) is 30.3 Å². The van der Waals surface area contributed by atoms with E-state index in [2.05, 4.69) is 44.5 Å². The van der Waals surface area contributed by atoms with Crippen molar-refractivity contribution in [2.45, 2.75) is 18.8 Å². The molecular weight excluding hydrogens is 355 g/mol. The van der Waals surface area contributed by atoms with Crippen LogP contribution in [0.1, 0.15) is 24.4 Å². The van der Waals surface area contributed by atoms with E-state index in [0.717, 1.165) is 16.9 Å². The topological polar surface area (TPSA) is 17.8 Å². The average molecular weight is 368 g/mol. The van der Waals surface area contributed by atoms with Crippen molar-refractivity contribution in [1.82, 2.24) is 9.55 Å². The number of hydrogen-bond acceptors (Lipinski definition) is 1. The second-order valence-corrected chi connectivity index (χ2v) is 5.99. The van der Waals surface area contributed by atoms with Gasteiger partial charge in [0.2, 0.25) is 0 Å². The van der Waals surface area contributed by atoms with E-state index >= 15 is 0 Å². The van der Waals surface area contributed by atoms with Gasteiger partial charge < -0.3 is 4.57 Å². The van der Waals surface area contributed by atoms with Crippen molar-refractivity contribution in [3.8, 4) is 0 Å². The molecule has 0 N–H and O–H groups in total. The lowest BCUT2D eigenvalue weighted by Crippen LogP contribution is -2.09. The van der Waals surface area contributed by atoms with Crippen LogP contribution in [0.15, 0.2) is 46.9 Å². The lowest BCUT2D eigenvalue weighted by Gasteiger charge is -2.17. The van der Waals surface area contributed by atoms with Crippen LogP contribution in [0.25, 0.3) is 11.0 Å². The predicted octanol–water partition coefficient (Wildman–Crippen LogP) is 5.29. The highest BCUT2D eigenvalue weighted by Crippen LogP contribution is 2.30. The summed E-state index contributed by atoms with van der Waals surface area (Å²) in [6, 6.07) is 13.4. The molecule has 0 saturated carbocycles. The van der Waals surface area contributed by atoms with Crippen LogP contribution in [-0.4, -0.2) is 9.55 Å². The molecule has 21 heavy (non-hydrogen) atoms. The molecule has 0 fully saturated rings. The van der Waals surface area contributed by atoms with Gasteiger partial charge in [0.1, 0.15) is 11.6 Å². The molecule has 0 saturated heterocycles. The maximum absolute atomic E-state index is 13.7. The van der Waals surface area contributed by atoms with Gasteiger partial charge in [0.05, 0.1) is 27.4 Å². The number of alkyl halides is 1. The molecule has 2 nitrogen and oxygen atoms in total. The molecular formula is C16H13BrClFN2. The molecule has 0 aliphatic heterocycles. The third-order valence-corrected chi connectivity index (χ3v) is 4.44. The minimum atomic E-state index is -0.319. The highest BCUT2D eigenvalue weighted by atomic mass is 79.9. The minimum absolute atomic E-state index is 0.0716. The Morgan fingerprint density at radius 2 is 2.00 bits per heavy atom. The smallest absolute Gasteiger partial charge is 0.139 e. The van der Waals surface area contributed by atoms with Crippen LogP contribution in [0.5, 0.6) is 0 Å². The number of nitrogens with zero attached hydrogens (tertiary/aromatic N) is 2. The number of halogens is 3. The first kappa shape index (κ1) is 14.5. The van der Waals surface area contributed by atoms with E-state index < -0.39 is 0 Å². The first-order chi connectivity index (χ1) is 10.1. The molecule has 0 radical (unpaired) electrons. The predicted molar refractivity (Wildman–Crippen MR) is 87.2 cm³/mol. The maximum atomic E-state index is 13.7. The number of rotatable bonds is 3. The Morgan fingerprint density at radius 1 is 1.29 bits per heavy atom. The van der Waals surface area contributed by atoms with Gasteiger partial charge in [-0.2, -0.15) is 0 Å². The molecule has 5 heteroatoms. The average Bonchev–Trinajstić information content (AvgIpc) is 2.85. The van der Waals surface area contributed by atoms with Crippen molar-refractivity contribution in [1.29, 1.82) is 0 Å². The zero-order valence-corrected chi connectivity index (χ0v) is 13.7. The van der Waals surface area contributed by atoms with Crippen molar-refractivity contribution in [2.75, 3.05) is 0 Å². The summed E-state index contributed by atoms with van der Waals surface area (Å²) < 4.78 is 16.2. The van der Waals surface area contributed by atoms with Gasteiger partial charge in [-0.05, 0) is 34.5 Å². The Balaban J connectivity index is 2.23. The maximum Gasteiger partial charge on any atom is 0.139 e. The lowest BCUT2D eigenvalue weighted by molar-refractivity contribution is 0.620. The van der Waals surface area contributed by atoms with Gasteiger partial charge >= 0.3 is 0 Å². The van der Waals surface area contributed by atoms with Crippen molar-refractivity contribution in [2.24, 2.45) is 0 Å². The summed E-state index contributed by atoms with van der Waals surface area (Å²) in [4.78, 5) is 4.45. The highest BCUT2D eigenvalue weighted by Gasteiger charge is 2.18. The molecule has 0 aliphatic carbocycles. The zero-order chi connectivity index (χ0) is 15.0. The first-order valence-electron chi connectivity index (χ1n) is 6.58. The van der Waals surface area contributed by atoms with Gasteiger partial charge in [0, 0.05) is 6.07 Å². The quantitative estimate of drug-likeness (QED) is 0.575. The molecule has 108 valence electrons. The Labute approximate surface area is 135 Å². The van der Waals surface area contributed by atoms with Gasteiger partial charge in [0.25, 0.3) is 0 Å². The molecule has 2 aromatic carbocycles. The van der Waals surface area contributed by atoms with Crippen LogP contribution < -0.4 is 0 Å². The summed E-state index contributed by atoms with van der Waals surface area (Å²) in [6.07, 6.45) is 0. The molecule has 3 aromatic rings. The molecule has 3 rings (SSSR count). The zero-order valence-electron chi connectivity index (χ0n) is 11.4. The van der Waals surface area contributed by atoms with Gasteiger partial charge in [0.15, 0.2) is 0 Å². The van der Waals surface area contributed by atoms with Crippen LogP contribution in [0.4, 0.5) is 4.39 Å². The second kappa shape index (κ2) is 5.78. The third kappa shape index (κ3) is 2.58. The largest absolute Gasteiger partial charge is 0.320 e. The van der Waals surface area contributed by atoms with Gasteiger partial charge in [-0.25, -0.2) is 9.37 Å². The summed E-state index contributed by atoms with van der Waals surface area (Å²) in [5.41, 5.74) is 2.65. The van der Waals surface area contributed by atoms with Crippen LogP contribution in [0, 0.1) is 5.82 Å². The standard InChI is InChI=1S/C16H13BrClFN2/c1-10(11-5-3-2-4-6-11)21-15-7-12(17)13(19)8-14(15)20-16(21)9-18/h2-8,10H,9H2,1H3. The molecule has 0 spiro atoms. The van der Waals surface area contributed by atoms with Gasteiger partial charge in [-0.15, -0.1) is 11.6 Å². The lowest BCUT2D eigenvalue weighted by atomic mass is 10.1. The minimum Gasteiger partial charge on any atom is -0.320 e. The Hall–Kier alpha value is -1.39. The van der Waals surface area contributed by atoms with E-state index in [1.54, 1.807) is 6.07 Å². The van der Waals surface area contributed by atoms with Crippen LogP contribution >= 0.6 is 27.5 Å². The molecule has 0 bridgehead atoms. The van der Waals surface area contributed by atoms with E-state index in [9.17, 15) is 4.39 Å². The molecule has 1 aromatic heterocycles. The van der Waals surface area contributed by atoms with E-state index in [0.29, 0.717) is 9.99 Å². The molecule has 0 amide bonds. The number of hydrogen-bond donors (Lipinski definition) is 0. The first-order valence-corrected chi connectivity index (χ1v) is 7.91. The van der Waals surface area contributed by atoms with Crippen LogP contribution in [0.2, 0.25) is 0 Å². The molecule has 1 heterocycles. The summed E-state index contributed by atoms with van der Waals surface area (Å²) in [5.74, 6) is 0.701. The Kier molecular flexibility index (Phi) is 4.00. The molecule has 0 aliphatic rings. The third-order valence-electron chi connectivity index (χ3n) is 3.59. The highest BCUT2D eigenvalue weighted by molar-refractivity contribution is 9.10. The van der Waals surface area contributed by atoms with Gasteiger partial charge in [-0.3, -0.25) is 0 Å². The van der Waals surface area contributed by atoms with Crippen molar-refractivity contribution in [3.63, 3.8) is 0 Å². The van der Waals surface area contributed by atoms with Crippen LogP contribution in [0.3, 0.4) is 0 Å². The SMILES string of the molecule is CC(c1ccccc1)n1c(CCl)nc2cc(F)c(Br)cc21. The summed E-state index contributed by atoms with van der Waals surface area (Å²) in [7, 11) is 0. The monoisotopic (exact) mass is 366 g/mol. The van der Waals surface area contributed by atoms with Crippen LogP contribution in [-0.2, 0) is 5.88 Å². The van der Waals surface area contributed by atoms with Crippen molar-refractivity contribution in [3.05, 3.63) is 64.1 Å². The number of imidazole rings is 1.